The van der Waals surface area contributed by atoms with Gasteiger partial charge in [0.05, 0.1) is 12.6 Å². The quantitative estimate of drug-likeness (QED) is 0.587. The van der Waals surface area contributed by atoms with Gasteiger partial charge < -0.3 is 15.5 Å². The highest BCUT2D eigenvalue weighted by Gasteiger charge is 2.08. The van der Waals surface area contributed by atoms with E-state index in [1.165, 1.54) is 11.6 Å². The molecule has 0 saturated heterocycles. The Bertz CT molecular complexity index is 713. The third-order valence-electron chi connectivity index (χ3n) is 4.01. The Balaban J connectivity index is 2.09. The van der Waals surface area contributed by atoms with Gasteiger partial charge in [0.2, 0.25) is 0 Å². The van der Waals surface area contributed by atoms with Gasteiger partial charge in [0.15, 0.2) is 5.96 Å². The minimum absolute atomic E-state index is 0.145. The number of halogens is 1. The van der Waals surface area contributed by atoms with Gasteiger partial charge in [0.25, 0.3) is 0 Å². The van der Waals surface area contributed by atoms with Gasteiger partial charge >= 0.3 is 0 Å². The number of nitrogens with zero attached hydrogens (tertiary/aromatic N) is 2. The summed E-state index contributed by atoms with van der Waals surface area (Å²) in [6, 6.07) is 15.6. The van der Waals surface area contributed by atoms with Crippen LogP contribution < -0.4 is 10.6 Å². The molecule has 2 rings (SSSR count). The average Bonchev–Trinajstić information content (AvgIpc) is 2.62. The van der Waals surface area contributed by atoms with Crippen LogP contribution >= 0.6 is 0 Å². The second-order valence-electron chi connectivity index (χ2n) is 6.64. The lowest BCUT2D eigenvalue weighted by Crippen LogP contribution is -2.38. The molecule has 26 heavy (non-hydrogen) atoms. The maximum absolute atomic E-state index is 13.9. The first-order valence-corrected chi connectivity index (χ1v) is 9.01. The summed E-state index contributed by atoms with van der Waals surface area (Å²) >= 11 is 0. The molecule has 2 aromatic rings. The molecule has 5 heteroatoms. The summed E-state index contributed by atoms with van der Waals surface area (Å²) in [6.45, 7) is 6.00. The Morgan fingerprint density at radius 1 is 1.15 bits per heavy atom. The molecular weight excluding hydrogens is 327 g/mol. The van der Waals surface area contributed by atoms with Gasteiger partial charge in [-0.2, -0.15) is 0 Å². The zero-order valence-electron chi connectivity index (χ0n) is 16.1. The van der Waals surface area contributed by atoms with Crippen LogP contribution in [0.1, 0.15) is 36.6 Å². The van der Waals surface area contributed by atoms with Crippen LogP contribution in [0.4, 0.5) is 4.39 Å². The van der Waals surface area contributed by atoms with E-state index in [4.69, 9.17) is 0 Å². The van der Waals surface area contributed by atoms with E-state index in [-0.39, 0.29) is 11.9 Å². The number of aliphatic imine (C=N–C) groups is 1. The molecule has 0 aliphatic rings. The standard InChI is InChI=1S/C21H29FN4/c1-5-23-21(25-16(2)18-9-7-6-8-10-18)24-14-17-11-12-20(22)19(13-17)15-26(3)4/h6-13,16H,5,14-15H2,1-4H3,(H2,23,24,25). The van der Waals surface area contributed by atoms with Gasteiger partial charge in [-0.1, -0.05) is 36.4 Å². The van der Waals surface area contributed by atoms with Crippen LogP contribution in [0.2, 0.25) is 0 Å². The Morgan fingerprint density at radius 3 is 2.54 bits per heavy atom. The monoisotopic (exact) mass is 356 g/mol. The third-order valence-corrected chi connectivity index (χ3v) is 4.01. The molecule has 0 aromatic heterocycles. The molecule has 1 unspecified atom stereocenters. The molecule has 4 nitrogen and oxygen atoms in total. The first kappa shape index (κ1) is 19.9. The number of benzene rings is 2. The van der Waals surface area contributed by atoms with E-state index in [1.54, 1.807) is 6.07 Å². The van der Waals surface area contributed by atoms with Crippen molar-refractivity contribution in [3.8, 4) is 0 Å². The summed E-state index contributed by atoms with van der Waals surface area (Å²) in [4.78, 5) is 6.61. The topological polar surface area (TPSA) is 39.7 Å². The molecule has 1 atom stereocenters. The number of guanidine groups is 1. The van der Waals surface area contributed by atoms with Crippen LogP contribution in [-0.2, 0) is 13.1 Å². The fourth-order valence-electron chi connectivity index (χ4n) is 2.71. The molecule has 0 fully saturated rings. The summed E-state index contributed by atoms with van der Waals surface area (Å²) in [5.74, 6) is 0.580. The summed E-state index contributed by atoms with van der Waals surface area (Å²) < 4.78 is 13.9. The van der Waals surface area contributed by atoms with Crippen molar-refractivity contribution in [3.63, 3.8) is 0 Å². The largest absolute Gasteiger partial charge is 0.357 e. The van der Waals surface area contributed by atoms with Crippen molar-refractivity contribution >= 4 is 5.96 Å². The predicted molar refractivity (Wildman–Crippen MR) is 107 cm³/mol. The minimum atomic E-state index is -0.172. The summed E-state index contributed by atoms with van der Waals surface area (Å²) in [7, 11) is 3.87. The maximum atomic E-state index is 13.9. The second kappa shape index (κ2) is 9.92. The average molecular weight is 356 g/mol. The Morgan fingerprint density at radius 2 is 1.88 bits per heavy atom. The molecule has 0 amide bonds. The van der Waals surface area contributed by atoms with E-state index in [2.05, 4.69) is 34.7 Å². The molecule has 0 aliphatic carbocycles. The Hall–Kier alpha value is -2.40. The van der Waals surface area contributed by atoms with E-state index in [0.29, 0.717) is 18.7 Å². The van der Waals surface area contributed by atoms with Crippen molar-refractivity contribution < 1.29 is 4.39 Å². The van der Waals surface area contributed by atoms with E-state index < -0.39 is 0 Å². The third kappa shape index (κ3) is 6.15. The molecule has 0 bridgehead atoms. The highest BCUT2D eigenvalue weighted by Crippen LogP contribution is 2.14. The van der Waals surface area contributed by atoms with E-state index in [1.807, 2.05) is 50.2 Å². The van der Waals surface area contributed by atoms with Crippen molar-refractivity contribution in [1.29, 1.82) is 0 Å². The molecule has 0 spiro atoms. The zero-order chi connectivity index (χ0) is 18.9. The SMILES string of the molecule is CCNC(=NCc1ccc(F)c(CN(C)C)c1)NC(C)c1ccccc1. The molecule has 0 saturated carbocycles. The van der Waals surface area contributed by atoms with Gasteiger partial charge in [0, 0.05) is 18.7 Å². The van der Waals surface area contributed by atoms with Crippen molar-refractivity contribution in [3.05, 3.63) is 71.0 Å². The summed E-state index contributed by atoms with van der Waals surface area (Å²) in [5.41, 5.74) is 2.89. The van der Waals surface area contributed by atoms with Crippen LogP contribution in [-0.4, -0.2) is 31.5 Å². The minimum Gasteiger partial charge on any atom is -0.357 e. The highest BCUT2D eigenvalue weighted by atomic mass is 19.1. The van der Waals surface area contributed by atoms with Gasteiger partial charge in [-0.25, -0.2) is 9.38 Å². The first-order valence-electron chi connectivity index (χ1n) is 9.01. The van der Waals surface area contributed by atoms with Gasteiger partial charge in [-0.15, -0.1) is 0 Å². The van der Waals surface area contributed by atoms with Gasteiger partial charge in [0.1, 0.15) is 5.82 Å². The van der Waals surface area contributed by atoms with Crippen LogP contribution in [0.5, 0.6) is 0 Å². The fourth-order valence-corrected chi connectivity index (χ4v) is 2.71. The van der Waals surface area contributed by atoms with Gasteiger partial charge in [-0.3, -0.25) is 0 Å². The number of nitrogens with one attached hydrogen (secondary N) is 2. The van der Waals surface area contributed by atoms with E-state index >= 15 is 0 Å². The number of rotatable bonds is 7. The molecule has 0 radical (unpaired) electrons. The molecular formula is C21H29FN4. The van der Waals surface area contributed by atoms with E-state index in [0.717, 1.165) is 18.1 Å². The lowest BCUT2D eigenvalue weighted by atomic mass is 10.1. The number of hydrogen-bond donors (Lipinski definition) is 2. The van der Waals surface area contributed by atoms with Crippen molar-refractivity contribution in [2.24, 2.45) is 4.99 Å². The normalized spacial score (nSPS) is 12.9. The summed E-state index contributed by atoms with van der Waals surface area (Å²) in [5, 5.41) is 6.69. The molecule has 2 aromatic carbocycles. The predicted octanol–water partition coefficient (Wildman–Crippen LogP) is 3.70. The van der Waals surface area contributed by atoms with Crippen LogP contribution in [0.25, 0.3) is 0 Å². The molecule has 0 heterocycles. The van der Waals surface area contributed by atoms with Crippen molar-refractivity contribution in [1.82, 2.24) is 15.5 Å². The van der Waals surface area contributed by atoms with Crippen LogP contribution in [0, 0.1) is 5.82 Å². The van der Waals surface area contributed by atoms with Crippen molar-refractivity contribution in [2.75, 3.05) is 20.6 Å². The molecule has 140 valence electrons. The van der Waals surface area contributed by atoms with Crippen LogP contribution in [0.15, 0.2) is 53.5 Å². The Kier molecular flexibility index (Phi) is 7.60. The van der Waals surface area contributed by atoms with Crippen molar-refractivity contribution in [2.45, 2.75) is 33.0 Å². The van der Waals surface area contributed by atoms with Gasteiger partial charge in [-0.05, 0) is 51.2 Å². The van der Waals surface area contributed by atoms with Crippen LogP contribution in [0.3, 0.4) is 0 Å². The molecule has 0 aliphatic heterocycles. The summed E-state index contributed by atoms with van der Waals surface area (Å²) in [6.07, 6.45) is 0. The lowest BCUT2D eigenvalue weighted by molar-refractivity contribution is 0.392. The highest BCUT2D eigenvalue weighted by molar-refractivity contribution is 5.80. The zero-order valence-corrected chi connectivity index (χ0v) is 16.1. The van der Waals surface area contributed by atoms with E-state index in [9.17, 15) is 4.39 Å². The smallest absolute Gasteiger partial charge is 0.192 e. The fraction of sp³-hybridized carbons (Fsp3) is 0.381. The second-order valence-corrected chi connectivity index (χ2v) is 6.64. The number of hydrogen-bond acceptors (Lipinski definition) is 2. The first-order chi connectivity index (χ1) is 12.5. The molecule has 2 N–H and O–H groups in total. The Labute approximate surface area is 156 Å². The maximum Gasteiger partial charge on any atom is 0.192 e. The lowest BCUT2D eigenvalue weighted by Gasteiger charge is -2.18.